The molecule has 1 saturated heterocycles. The molecular weight excluding hydrogens is 348 g/mol. The van der Waals surface area contributed by atoms with Crippen molar-refractivity contribution in [2.75, 3.05) is 6.54 Å². The third-order valence-electron chi connectivity index (χ3n) is 5.60. The third kappa shape index (κ3) is 3.19. The minimum atomic E-state index is 0.0870. The molecule has 1 aromatic carbocycles. The lowest BCUT2D eigenvalue weighted by molar-refractivity contribution is 0.0737. The van der Waals surface area contributed by atoms with Gasteiger partial charge >= 0.3 is 0 Å². The van der Waals surface area contributed by atoms with Crippen LogP contribution in [0.3, 0.4) is 0 Å². The fourth-order valence-corrected chi connectivity index (χ4v) is 4.07. The second-order valence-corrected chi connectivity index (χ2v) is 8.24. The van der Waals surface area contributed by atoms with E-state index in [-0.39, 0.29) is 23.9 Å². The second-order valence-electron chi connectivity index (χ2n) is 8.24. The molecule has 0 spiro atoms. The van der Waals surface area contributed by atoms with E-state index < -0.39 is 0 Å². The Morgan fingerprint density at radius 3 is 2.57 bits per heavy atom. The highest BCUT2D eigenvalue weighted by Crippen LogP contribution is 2.34. The lowest BCUT2D eigenvalue weighted by Gasteiger charge is -2.26. The monoisotopic (exact) mass is 376 g/mol. The molecule has 1 atom stereocenters. The molecule has 0 N–H and O–H groups in total. The summed E-state index contributed by atoms with van der Waals surface area (Å²) in [6.07, 6.45) is 3.83. The standard InChI is InChI=1S/C23H28N4O/c1-15(2)20-13-18(19-14-24-27(16(3)4)22(19)25-20)23(28)26-12-8-11-21(26)17-9-6-5-7-10-17/h5-7,9-10,13-16,21H,8,11-12H2,1-4H3. The van der Waals surface area contributed by atoms with Crippen LogP contribution in [0.1, 0.15) is 80.2 Å². The normalized spacial score (nSPS) is 17.2. The van der Waals surface area contributed by atoms with Gasteiger partial charge in [-0.05, 0) is 44.2 Å². The van der Waals surface area contributed by atoms with E-state index in [0.717, 1.165) is 41.7 Å². The first-order chi connectivity index (χ1) is 13.5. The average Bonchev–Trinajstić information content (AvgIpc) is 3.34. The molecule has 1 aliphatic rings. The van der Waals surface area contributed by atoms with E-state index in [9.17, 15) is 4.79 Å². The summed E-state index contributed by atoms with van der Waals surface area (Å²) in [7, 11) is 0. The van der Waals surface area contributed by atoms with Gasteiger partial charge in [0, 0.05) is 18.3 Å². The van der Waals surface area contributed by atoms with Crippen LogP contribution in [0.15, 0.2) is 42.6 Å². The van der Waals surface area contributed by atoms with E-state index in [0.29, 0.717) is 0 Å². The Kier molecular flexibility index (Phi) is 4.92. The second kappa shape index (κ2) is 7.38. The molecule has 28 heavy (non-hydrogen) atoms. The Hall–Kier alpha value is -2.69. The van der Waals surface area contributed by atoms with Gasteiger partial charge in [0.2, 0.25) is 0 Å². The molecule has 0 bridgehead atoms. The molecule has 1 aliphatic heterocycles. The van der Waals surface area contributed by atoms with Gasteiger partial charge in [-0.3, -0.25) is 4.79 Å². The summed E-state index contributed by atoms with van der Waals surface area (Å²) >= 11 is 0. The van der Waals surface area contributed by atoms with Gasteiger partial charge in [-0.15, -0.1) is 0 Å². The smallest absolute Gasteiger partial charge is 0.255 e. The number of hydrogen-bond donors (Lipinski definition) is 0. The van der Waals surface area contributed by atoms with Crippen molar-refractivity contribution in [1.29, 1.82) is 0 Å². The molecule has 0 aliphatic carbocycles. The van der Waals surface area contributed by atoms with Crippen LogP contribution >= 0.6 is 0 Å². The summed E-state index contributed by atoms with van der Waals surface area (Å²) in [5.41, 5.74) is 3.68. The maximum atomic E-state index is 13.7. The Labute approximate surface area is 166 Å². The van der Waals surface area contributed by atoms with Crippen LogP contribution in [-0.4, -0.2) is 32.1 Å². The molecule has 0 radical (unpaired) electrons. The molecule has 5 heteroatoms. The zero-order chi connectivity index (χ0) is 19.8. The quantitative estimate of drug-likeness (QED) is 0.635. The van der Waals surface area contributed by atoms with Crippen LogP contribution in [0.2, 0.25) is 0 Å². The van der Waals surface area contributed by atoms with E-state index >= 15 is 0 Å². The molecule has 2 aromatic heterocycles. The highest BCUT2D eigenvalue weighted by atomic mass is 16.2. The number of likely N-dealkylation sites (tertiary alicyclic amines) is 1. The number of nitrogens with zero attached hydrogens (tertiary/aromatic N) is 4. The van der Waals surface area contributed by atoms with E-state index in [1.807, 2.05) is 33.8 Å². The molecule has 3 heterocycles. The minimum absolute atomic E-state index is 0.0870. The van der Waals surface area contributed by atoms with Crippen molar-refractivity contribution in [3.05, 3.63) is 59.4 Å². The Morgan fingerprint density at radius 2 is 1.89 bits per heavy atom. The van der Waals surface area contributed by atoms with Crippen molar-refractivity contribution in [3.8, 4) is 0 Å². The van der Waals surface area contributed by atoms with Crippen molar-refractivity contribution in [1.82, 2.24) is 19.7 Å². The number of carbonyl (C=O) groups is 1. The van der Waals surface area contributed by atoms with Crippen molar-refractivity contribution < 1.29 is 4.79 Å². The SMILES string of the molecule is CC(C)c1cc(C(=O)N2CCCC2c2ccccc2)c2cnn(C(C)C)c2n1. The maximum absolute atomic E-state index is 13.7. The maximum Gasteiger partial charge on any atom is 0.255 e. The van der Waals surface area contributed by atoms with Crippen LogP contribution in [0.5, 0.6) is 0 Å². The number of amides is 1. The largest absolute Gasteiger partial charge is 0.332 e. The number of rotatable bonds is 4. The number of hydrogen-bond acceptors (Lipinski definition) is 3. The molecule has 3 aromatic rings. The van der Waals surface area contributed by atoms with Gasteiger partial charge in [-0.2, -0.15) is 5.10 Å². The Bertz CT molecular complexity index is 991. The van der Waals surface area contributed by atoms with Gasteiger partial charge < -0.3 is 4.90 Å². The number of carbonyl (C=O) groups excluding carboxylic acids is 1. The van der Waals surface area contributed by atoms with E-state index in [1.165, 1.54) is 5.56 Å². The molecular formula is C23H28N4O. The summed E-state index contributed by atoms with van der Waals surface area (Å²) in [5.74, 6) is 0.332. The molecule has 0 saturated carbocycles. The van der Waals surface area contributed by atoms with E-state index in [4.69, 9.17) is 4.98 Å². The van der Waals surface area contributed by atoms with E-state index in [1.54, 1.807) is 6.20 Å². The van der Waals surface area contributed by atoms with Gasteiger partial charge in [0.15, 0.2) is 5.65 Å². The first kappa shape index (κ1) is 18.7. The van der Waals surface area contributed by atoms with Crippen molar-refractivity contribution in [2.45, 2.75) is 58.5 Å². The van der Waals surface area contributed by atoms with Crippen LogP contribution in [0.4, 0.5) is 0 Å². The third-order valence-corrected chi connectivity index (χ3v) is 5.60. The summed E-state index contributed by atoms with van der Waals surface area (Å²) in [4.78, 5) is 20.5. The summed E-state index contributed by atoms with van der Waals surface area (Å²) in [6, 6.07) is 12.7. The Morgan fingerprint density at radius 1 is 1.14 bits per heavy atom. The highest BCUT2D eigenvalue weighted by molar-refractivity contribution is 6.05. The van der Waals surface area contributed by atoms with Gasteiger partial charge in [0.05, 0.1) is 23.2 Å². The van der Waals surface area contributed by atoms with Crippen molar-refractivity contribution >= 4 is 16.9 Å². The van der Waals surface area contributed by atoms with Gasteiger partial charge in [-0.25, -0.2) is 9.67 Å². The van der Waals surface area contributed by atoms with Crippen LogP contribution in [-0.2, 0) is 0 Å². The predicted octanol–water partition coefficient (Wildman–Crippen LogP) is 5.11. The Balaban J connectivity index is 1.80. The van der Waals surface area contributed by atoms with Gasteiger partial charge in [0.25, 0.3) is 5.91 Å². The summed E-state index contributed by atoms with van der Waals surface area (Å²) in [5, 5.41) is 5.37. The van der Waals surface area contributed by atoms with E-state index in [2.05, 4.69) is 44.9 Å². The zero-order valence-corrected chi connectivity index (χ0v) is 17.1. The van der Waals surface area contributed by atoms with Gasteiger partial charge in [0.1, 0.15) is 0 Å². The van der Waals surface area contributed by atoms with Crippen molar-refractivity contribution in [3.63, 3.8) is 0 Å². The molecule has 5 nitrogen and oxygen atoms in total. The first-order valence-corrected chi connectivity index (χ1v) is 10.2. The van der Waals surface area contributed by atoms with Crippen molar-refractivity contribution in [2.24, 2.45) is 0 Å². The highest BCUT2D eigenvalue weighted by Gasteiger charge is 2.32. The summed E-state index contributed by atoms with van der Waals surface area (Å²) < 4.78 is 1.91. The molecule has 146 valence electrons. The molecule has 1 amide bonds. The average molecular weight is 377 g/mol. The molecule has 1 fully saturated rings. The van der Waals surface area contributed by atoms with Crippen LogP contribution in [0.25, 0.3) is 11.0 Å². The van der Waals surface area contributed by atoms with Gasteiger partial charge in [-0.1, -0.05) is 44.2 Å². The number of pyridine rings is 1. The summed E-state index contributed by atoms with van der Waals surface area (Å²) in [6.45, 7) is 9.19. The first-order valence-electron chi connectivity index (χ1n) is 10.2. The lowest BCUT2D eigenvalue weighted by Crippen LogP contribution is -2.31. The number of aromatic nitrogens is 3. The number of fused-ring (bicyclic) bond motifs is 1. The fraction of sp³-hybridized carbons (Fsp3) is 0.435. The fourth-order valence-electron chi connectivity index (χ4n) is 4.07. The zero-order valence-electron chi connectivity index (χ0n) is 17.1. The molecule has 4 rings (SSSR count). The van der Waals surface area contributed by atoms with Crippen LogP contribution < -0.4 is 0 Å². The predicted molar refractivity (Wildman–Crippen MR) is 111 cm³/mol. The topological polar surface area (TPSA) is 51.0 Å². The molecule has 1 unspecified atom stereocenters. The van der Waals surface area contributed by atoms with Crippen LogP contribution in [0, 0.1) is 0 Å². The minimum Gasteiger partial charge on any atom is -0.332 e. The lowest BCUT2D eigenvalue weighted by atomic mass is 10.0. The number of benzene rings is 1.